The van der Waals surface area contributed by atoms with Gasteiger partial charge in [0.2, 0.25) is 0 Å². The predicted octanol–water partition coefficient (Wildman–Crippen LogP) is 1.08. The molecule has 5 nitrogen and oxygen atoms in total. The van der Waals surface area contributed by atoms with Crippen LogP contribution in [0, 0.1) is 0 Å². The molecule has 0 fully saturated rings. The maximum Gasteiger partial charge on any atom is 0.356 e. The van der Waals surface area contributed by atoms with Gasteiger partial charge >= 0.3 is 5.97 Å². The third kappa shape index (κ3) is 4.03. The molecule has 0 radical (unpaired) electrons. The van der Waals surface area contributed by atoms with E-state index < -0.39 is 11.6 Å². The number of hydrogen-bond acceptors (Lipinski definition) is 5. The number of pyridine rings is 1. The van der Waals surface area contributed by atoms with E-state index in [0.717, 1.165) is 5.69 Å². The van der Waals surface area contributed by atoms with Gasteiger partial charge in [-0.05, 0) is 26.0 Å². The average Bonchev–Trinajstić information content (AvgIpc) is 2.26. The molecule has 1 aromatic heterocycles. The number of carbonyl (C=O) groups excluding carboxylic acids is 1. The van der Waals surface area contributed by atoms with Crippen molar-refractivity contribution in [2.45, 2.75) is 19.4 Å². The fourth-order valence-electron chi connectivity index (χ4n) is 1.54. The van der Waals surface area contributed by atoms with E-state index >= 15 is 0 Å². The molecule has 1 N–H and O–H groups in total. The van der Waals surface area contributed by atoms with Crippen molar-refractivity contribution in [3.63, 3.8) is 0 Å². The van der Waals surface area contributed by atoms with E-state index in [9.17, 15) is 9.90 Å². The normalized spacial score (nSPS) is 11.1. The molecule has 0 saturated carbocycles. The van der Waals surface area contributed by atoms with Crippen molar-refractivity contribution in [2.75, 3.05) is 25.6 Å². The maximum absolute atomic E-state index is 11.3. The molecular weight excluding hydrogens is 220 g/mol. The highest BCUT2D eigenvalue weighted by molar-refractivity contribution is 5.88. The van der Waals surface area contributed by atoms with Crippen LogP contribution in [0.3, 0.4) is 0 Å². The summed E-state index contributed by atoms with van der Waals surface area (Å²) in [6.07, 6.45) is 1.54. The van der Waals surface area contributed by atoms with Gasteiger partial charge in [0.1, 0.15) is 5.69 Å². The van der Waals surface area contributed by atoms with Gasteiger partial charge in [0, 0.05) is 25.5 Å². The van der Waals surface area contributed by atoms with E-state index in [1.807, 2.05) is 11.9 Å². The van der Waals surface area contributed by atoms with Gasteiger partial charge in [-0.2, -0.15) is 0 Å². The summed E-state index contributed by atoms with van der Waals surface area (Å²) in [4.78, 5) is 17.1. The SMILES string of the molecule is COC(=O)c1cc(N(C)CC(C)(C)O)ccn1. The molecule has 0 aromatic carbocycles. The molecule has 1 aromatic rings. The first-order chi connectivity index (χ1) is 7.83. The number of aliphatic hydroxyl groups is 1. The van der Waals surface area contributed by atoms with Crippen LogP contribution in [0.2, 0.25) is 0 Å². The number of anilines is 1. The smallest absolute Gasteiger partial charge is 0.356 e. The second kappa shape index (κ2) is 5.14. The molecule has 0 saturated heterocycles. The van der Waals surface area contributed by atoms with E-state index in [2.05, 4.69) is 9.72 Å². The lowest BCUT2D eigenvalue weighted by atomic mass is 10.1. The zero-order valence-corrected chi connectivity index (χ0v) is 10.6. The van der Waals surface area contributed by atoms with Crippen molar-refractivity contribution in [3.05, 3.63) is 24.0 Å². The Hall–Kier alpha value is -1.62. The van der Waals surface area contributed by atoms with E-state index in [1.165, 1.54) is 7.11 Å². The largest absolute Gasteiger partial charge is 0.464 e. The number of methoxy groups -OCH3 is 1. The van der Waals surface area contributed by atoms with Crippen molar-refractivity contribution in [1.29, 1.82) is 0 Å². The Bertz CT molecular complexity index is 399. The fourth-order valence-corrected chi connectivity index (χ4v) is 1.54. The van der Waals surface area contributed by atoms with Crippen molar-refractivity contribution >= 4 is 11.7 Å². The molecule has 94 valence electrons. The number of rotatable bonds is 4. The van der Waals surface area contributed by atoms with Gasteiger partial charge in [0.25, 0.3) is 0 Å². The Morgan fingerprint density at radius 2 is 2.24 bits per heavy atom. The molecule has 1 heterocycles. The van der Waals surface area contributed by atoms with Crippen LogP contribution in [-0.2, 0) is 4.74 Å². The summed E-state index contributed by atoms with van der Waals surface area (Å²) in [6.45, 7) is 3.91. The van der Waals surface area contributed by atoms with Gasteiger partial charge in [0.05, 0.1) is 12.7 Å². The molecule has 0 amide bonds. The van der Waals surface area contributed by atoms with Gasteiger partial charge < -0.3 is 14.7 Å². The summed E-state index contributed by atoms with van der Waals surface area (Å²) in [5, 5.41) is 9.73. The standard InChI is InChI=1S/C12H18N2O3/c1-12(2,16)8-14(3)9-5-6-13-10(7-9)11(15)17-4/h5-7,16H,8H2,1-4H3. The third-order valence-corrected chi connectivity index (χ3v) is 2.20. The number of esters is 1. The molecule has 0 atom stereocenters. The highest BCUT2D eigenvalue weighted by Crippen LogP contribution is 2.16. The minimum atomic E-state index is -0.802. The summed E-state index contributed by atoms with van der Waals surface area (Å²) in [6, 6.07) is 3.41. The number of nitrogens with zero attached hydrogens (tertiary/aromatic N) is 2. The molecule has 0 unspecified atom stereocenters. The number of hydrogen-bond donors (Lipinski definition) is 1. The minimum Gasteiger partial charge on any atom is -0.464 e. The second-order valence-electron chi connectivity index (χ2n) is 4.56. The average molecular weight is 238 g/mol. The quantitative estimate of drug-likeness (QED) is 0.795. The lowest BCUT2D eigenvalue weighted by Crippen LogP contribution is -2.36. The lowest BCUT2D eigenvalue weighted by Gasteiger charge is -2.27. The first-order valence-corrected chi connectivity index (χ1v) is 5.31. The van der Waals surface area contributed by atoms with Crippen LogP contribution >= 0.6 is 0 Å². The Morgan fingerprint density at radius 3 is 2.76 bits per heavy atom. The number of carbonyl (C=O) groups is 1. The van der Waals surface area contributed by atoms with Gasteiger partial charge in [-0.15, -0.1) is 0 Å². The van der Waals surface area contributed by atoms with Gasteiger partial charge in [-0.3, -0.25) is 0 Å². The van der Waals surface area contributed by atoms with Crippen LogP contribution in [0.15, 0.2) is 18.3 Å². The Balaban J connectivity index is 2.88. The lowest BCUT2D eigenvalue weighted by molar-refractivity contribution is 0.0594. The van der Waals surface area contributed by atoms with Crippen LogP contribution in [-0.4, -0.2) is 42.4 Å². The molecule has 0 bridgehead atoms. The highest BCUT2D eigenvalue weighted by Gasteiger charge is 2.17. The molecule has 0 aliphatic rings. The van der Waals surface area contributed by atoms with Crippen LogP contribution in [0.4, 0.5) is 5.69 Å². The van der Waals surface area contributed by atoms with E-state index in [-0.39, 0.29) is 5.69 Å². The third-order valence-electron chi connectivity index (χ3n) is 2.20. The molecule has 0 aliphatic carbocycles. The summed E-state index contributed by atoms with van der Waals surface area (Å²) in [5.41, 5.74) is 0.263. The van der Waals surface area contributed by atoms with Gasteiger partial charge in [-0.1, -0.05) is 0 Å². The summed E-state index contributed by atoms with van der Waals surface area (Å²) in [5.74, 6) is -0.469. The molecule has 0 aliphatic heterocycles. The van der Waals surface area contributed by atoms with Crippen molar-refractivity contribution in [2.24, 2.45) is 0 Å². The molecule has 5 heteroatoms. The first kappa shape index (κ1) is 13.4. The first-order valence-electron chi connectivity index (χ1n) is 5.31. The second-order valence-corrected chi connectivity index (χ2v) is 4.56. The van der Waals surface area contributed by atoms with E-state index in [1.54, 1.807) is 32.2 Å². The minimum absolute atomic E-state index is 0.257. The highest BCUT2D eigenvalue weighted by atomic mass is 16.5. The van der Waals surface area contributed by atoms with Crippen molar-refractivity contribution in [3.8, 4) is 0 Å². The maximum atomic E-state index is 11.3. The molecule has 17 heavy (non-hydrogen) atoms. The Morgan fingerprint density at radius 1 is 1.59 bits per heavy atom. The number of likely N-dealkylation sites (N-methyl/N-ethyl adjacent to an activating group) is 1. The van der Waals surface area contributed by atoms with Crippen LogP contribution in [0.5, 0.6) is 0 Å². The summed E-state index contributed by atoms with van der Waals surface area (Å²) in [7, 11) is 3.16. The molecule has 0 spiro atoms. The van der Waals surface area contributed by atoms with Gasteiger partial charge in [0.15, 0.2) is 0 Å². The van der Waals surface area contributed by atoms with Crippen molar-refractivity contribution in [1.82, 2.24) is 4.98 Å². The van der Waals surface area contributed by atoms with Gasteiger partial charge in [-0.25, -0.2) is 9.78 Å². The number of ether oxygens (including phenoxy) is 1. The zero-order chi connectivity index (χ0) is 13.1. The topological polar surface area (TPSA) is 62.7 Å². The van der Waals surface area contributed by atoms with E-state index in [0.29, 0.717) is 6.54 Å². The molecule has 1 rings (SSSR count). The van der Waals surface area contributed by atoms with Crippen LogP contribution in [0.25, 0.3) is 0 Å². The van der Waals surface area contributed by atoms with Crippen LogP contribution < -0.4 is 4.90 Å². The molecular formula is C12H18N2O3. The number of aromatic nitrogens is 1. The fraction of sp³-hybridized carbons (Fsp3) is 0.500. The summed E-state index contributed by atoms with van der Waals surface area (Å²) < 4.78 is 4.60. The Labute approximate surface area is 101 Å². The monoisotopic (exact) mass is 238 g/mol. The van der Waals surface area contributed by atoms with Crippen molar-refractivity contribution < 1.29 is 14.6 Å². The summed E-state index contributed by atoms with van der Waals surface area (Å²) >= 11 is 0. The van der Waals surface area contributed by atoms with E-state index in [4.69, 9.17) is 0 Å². The predicted molar refractivity (Wildman–Crippen MR) is 65.1 cm³/mol. The Kier molecular flexibility index (Phi) is 4.07. The van der Waals surface area contributed by atoms with Crippen LogP contribution in [0.1, 0.15) is 24.3 Å². The zero-order valence-electron chi connectivity index (χ0n) is 10.6.